The number of hydrogen-bond acceptors (Lipinski definition) is 6. The molecule has 6 nitrogen and oxygen atoms in total. The number of hydrogen-bond donors (Lipinski definition) is 1. The molecule has 0 bridgehead atoms. The average molecular weight is 369 g/mol. The van der Waals surface area contributed by atoms with E-state index in [1.54, 1.807) is 7.11 Å². The van der Waals surface area contributed by atoms with E-state index >= 15 is 0 Å². The summed E-state index contributed by atoms with van der Waals surface area (Å²) in [6.45, 7) is 5.83. The summed E-state index contributed by atoms with van der Waals surface area (Å²) in [5, 5.41) is 10.7. The number of rotatable bonds is 4. The highest BCUT2D eigenvalue weighted by atomic mass is 16.5. The molecular formula is C21H27N3O3. The van der Waals surface area contributed by atoms with Crippen molar-refractivity contribution >= 4 is 5.82 Å². The molecule has 1 aliphatic heterocycles. The normalized spacial score (nSPS) is 27.3. The number of benzene rings is 1. The van der Waals surface area contributed by atoms with Crippen LogP contribution in [0.1, 0.15) is 24.2 Å². The molecule has 144 valence electrons. The Balaban J connectivity index is 1.48. The van der Waals surface area contributed by atoms with Gasteiger partial charge in [0.1, 0.15) is 11.9 Å². The Bertz CT molecular complexity index is 813. The first-order valence-electron chi connectivity index (χ1n) is 9.58. The molecule has 1 N–H and O–H groups in total. The molecule has 0 unspecified atom stereocenters. The quantitative estimate of drug-likeness (QED) is 0.894. The fourth-order valence-corrected chi connectivity index (χ4v) is 4.39. The predicted octanol–water partition coefficient (Wildman–Crippen LogP) is 2.76. The van der Waals surface area contributed by atoms with Gasteiger partial charge in [0.25, 0.3) is 0 Å². The maximum atomic E-state index is 10.7. The van der Waals surface area contributed by atoms with Crippen LogP contribution in [0.4, 0.5) is 5.82 Å². The lowest BCUT2D eigenvalue weighted by Gasteiger charge is -2.35. The molecule has 2 heterocycles. The van der Waals surface area contributed by atoms with Crippen molar-refractivity contribution in [3.63, 3.8) is 0 Å². The second-order valence-electron chi connectivity index (χ2n) is 7.69. The summed E-state index contributed by atoms with van der Waals surface area (Å²) in [6, 6.07) is 7.61. The van der Waals surface area contributed by atoms with Gasteiger partial charge in [-0.25, -0.2) is 4.98 Å². The summed E-state index contributed by atoms with van der Waals surface area (Å²) in [7, 11) is 1.63. The van der Waals surface area contributed by atoms with Crippen molar-refractivity contribution in [2.75, 3.05) is 25.1 Å². The van der Waals surface area contributed by atoms with Crippen molar-refractivity contribution in [1.29, 1.82) is 0 Å². The van der Waals surface area contributed by atoms with Crippen LogP contribution in [-0.4, -0.2) is 47.5 Å². The second-order valence-corrected chi connectivity index (χ2v) is 7.69. The van der Waals surface area contributed by atoms with E-state index in [4.69, 9.17) is 14.5 Å². The second kappa shape index (κ2) is 7.35. The van der Waals surface area contributed by atoms with Crippen LogP contribution in [0.3, 0.4) is 0 Å². The predicted molar refractivity (Wildman–Crippen MR) is 103 cm³/mol. The maximum absolute atomic E-state index is 10.7. The summed E-state index contributed by atoms with van der Waals surface area (Å²) < 4.78 is 11.5. The highest BCUT2D eigenvalue weighted by molar-refractivity contribution is 5.45. The lowest BCUT2D eigenvalue weighted by molar-refractivity contribution is -0.0240. The van der Waals surface area contributed by atoms with Gasteiger partial charge in [-0.15, -0.1) is 0 Å². The number of aliphatic hydroxyl groups is 1. The SMILES string of the molecule is COc1ccccc1O[C@@H]1C[C@@H]2CN(c3nc(C)cnc3C)C[C@@H]2C[C@H]1O. The molecule has 0 spiro atoms. The summed E-state index contributed by atoms with van der Waals surface area (Å²) in [4.78, 5) is 11.5. The van der Waals surface area contributed by atoms with Crippen LogP contribution in [0.5, 0.6) is 11.5 Å². The van der Waals surface area contributed by atoms with Crippen LogP contribution in [0.2, 0.25) is 0 Å². The Labute approximate surface area is 160 Å². The number of anilines is 1. The first kappa shape index (κ1) is 18.0. The monoisotopic (exact) mass is 369 g/mol. The number of aliphatic hydroxyl groups excluding tert-OH is 1. The van der Waals surface area contributed by atoms with E-state index < -0.39 is 6.10 Å². The van der Waals surface area contributed by atoms with E-state index in [1.807, 2.05) is 44.3 Å². The largest absolute Gasteiger partial charge is 0.493 e. The molecule has 2 aliphatic rings. The Kier molecular flexibility index (Phi) is 4.91. The molecule has 6 heteroatoms. The summed E-state index contributed by atoms with van der Waals surface area (Å²) in [5.74, 6) is 3.30. The smallest absolute Gasteiger partial charge is 0.161 e. The molecule has 1 aromatic heterocycles. The van der Waals surface area contributed by atoms with Gasteiger partial charge in [0, 0.05) is 19.3 Å². The zero-order valence-electron chi connectivity index (χ0n) is 16.1. The van der Waals surface area contributed by atoms with Crippen molar-refractivity contribution < 1.29 is 14.6 Å². The molecule has 2 fully saturated rings. The summed E-state index contributed by atoms with van der Waals surface area (Å²) in [6.07, 6.45) is 2.70. The Morgan fingerprint density at radius 2 is 1.78 bits per heavy atom. The van der Waals surface area contributed by atoms with Gasteiger partial charge < -0.3 is 19.5 Å². The minimum atomic E-state index is -0.471. The molecule has 4 atom stereocenters. The van der Waals surface area contributed by atoms with Gasteiger partial charge >= 0.3 is 0 Å². The van der Waals surface area contributed by atoms with E-state index in [0.717, 1.165) is 43.1 Å². The number of aromatic nitrogens is 2. The van der Waals surface area contributed by atoms with Crippen LogP contribution < -0.4 is 14.4 Å². The zero-order chi connectivity index (χ0) is 19.0. The third kappa shape index (κ3) is 3.58. The van der Waals surface area contributed by atoms with Crippen LogP contribution in [0, 0.1) is 25.7 Å². The molecule has 0 radical (unpaired) electrons. The highest BCUT2D eigenvalue weighted by Crippen LogP contribution is 2.40. The molecular weight excluding hydrogens is 342 g/mol. The van der Waals surface area contributed by atoms with Crippen LogP contribution in [0.15, 0.2) is 30.5 Å². The van der Waals surface area contributed by atoms with Crippen molar-refractivity contribution in [3.8, 4) is 11.5 Å². The first-order valence-corrected chi connectivity index (χ1v) is 9.58. The number of aryl methyl sites for hydroxylation is 2. The van der Waals surface area contributed by atoms with Gasteiger partial charge in [0.2, 0.25) is 0 Å². The van der Waals surface area contributed by atoms with Crippen LogP contribution >= 0.6 is 0 Å². The standard InChI is InChI=1S/C21H27N3O3/c1-13-10-22-14(2)21(23-13)24-11-15-8-17(25)20(9-16(15)12-24)27-19-7-5-4-6-18(19)26-3/h4-7,10,15-17,20,25H,8-9,11-12H2,1-3H3/t15-,16+,17+,20+/m0/s1. The molecule has 2 aromatic rings. The van der Waals surface area contributed by atoms with Crippen molar-refractivity contribution in [1.82, 2.24) is 9.97 Å². The molecule has 1 saturated carbocycles. The highest BCUT2D eigenvalue weighted by Gasteiger charge is 2.43. The molecule has 1 aliphatic carbocycles. The first-order chi connectivity index (χ1) is 13.0. The molecule has 27 heavy (non-hydrogen) atoms. The molecule has 4 rings (SSSR count). The number of para-hydroxylation sites is 2. The summed E-state index contributed by atoms with van der Waals surface area (Å²) >= 11 is 0. The van der Waals surface area contributed by atoms with Crippen molar-refractivity contribution in [3.05, 3.63) is 41.9 Å². The van der Waals surface area contributed by atoms with E-state index in [9.17, 15) is 5.11 Å². The lowest BCUT2D eigenvalue weighted by Crippen LogP contribution is -2.42. The summed E-state index contributed by atoms with van der Waals surface area (Å²) in [5.41, 5.74) is 1.89. The third-order valence-corrected chi connectivity index (χ3v) is 5.78. The van der Waals surface area contributed by atoms with Gasteiger partial charge in [-0.05, 0) is 50.7 Å². The number of fused-ring (bicyclic) bond motifs is 1. The van der Waals surface area contributed by atoms with E-state index in [-0.39, 0.29) is 6.10 Å². The Hall–Kier alpha value is -2.34. The van der Waals surface area contributed by atoms with E-state index in [0.29, 0.717) is 23.3 Å². The van der Waals surface area contributed by atoms with Gasteiger partial charge in [-0.2, -0.15) is 0 Å². The molecule has 1 saturated heterocycles. The fourth-order valence-electron chi connectivity index (χ4n) is 4.39. The maximum Gasteiger partial charge on any atom is 0.161 e. The Morgan fingerprint density at radius 1 is 1.07 bits per heavy atom. The lowest BCUT2D eigenvalue weighted by atomic mass is 9.78. The van der Waals surface area contributed by atoms with Crippen LogP contribution in [0.25, 0.3) is 0 Å². The number of ether oxygens (including phenoxy) is 2. The van der Waals surface area contributed by atoms with Gasteiger partial charge in [0.05, 0.1) is 24.6 Å². The van der Waals surface area contributed by atoms with Gasteiger partial charge in [0.15, 0.2) is 11.5 Å². The van der Waals surface area contributed by atoms with Gasteiger partial charge in [-0.3, -0.25) is 4.98 Å². The Morgan fingerprint density at radius 3 is 2.52 bits per heavy atom. The zero-order valence-corrected chi connectivity index (χ0v) is 16.1. The van der Waals surface area contributed by atoms with Crippen molar-refractivity contribution in [2.45, 2.75) is 38.9 Å². The fraction of sp³-hybridized carbons (Fsp3) is 0.524. The number of methoxy groups -OCH3 is 1. The minimum absolute atomic E-state index is 0.216. The van der Waals surface area contributed by atoms with E-state index in [1.165, 1.54) is 0 Å². The van der Waals surface area contributed by atoms with E-state index in [2.05, 4.69) is 9.88 Å². The molecule has 1 aromatic carbocycles. The van der Waals surface area contributed by atoms with Crippen molar-refractivity contribution in [2.24, 2.45) is 11.8 Å². The van der Waals surface area contributed by atoms with Gasteiger partial charge in [-0.1, -0.05) is 12.1 Å². The van der Waals surface area contributed by atoms with Crippen LogP contribution in [-0.2, 0) is 0 Å². The average Bonchev–Trinajstić information content (AvgIpc) is 3.07. The number of nitrogens with zero attached hydrogens (tertiary/aromatic N) is 3. The minimum Gasteiger partial charge on any atom is -0.493 e. The topological polar surface area (TPSA) is 67.7 Å². The molecule has 0 amide bonds. The third-order valence-electron chi connectivity index (χ3n) is 5.78.